The van der Waals surface area contributed by atoms with Crippen molar-refractivity contribution in [3.63, 3.8) is 0 Å². The van der Waals surface area contributed by atoms with Gasteiger partial charge in [-0.2, -0.15) is 0 Å². The van der Waals surface area contributed by atoms with Gasteiger partial charge in [0, 0.05) is 11.6 Å². The molecule has 0 heterocycles. The highest BCUT2D eigenvalue weighted by Crippen LogP contribution is 2.28. The third-order valence-corrected chi connectivity index (χ3v) is 3.76. The first-order valence-corrected chi connectivity index (χ1v) is 8.60. The van der Waals surface area contributed by atoms with Gasteiger partial charge in [0.1, 0.15) is 17.2 Å². The summed E-state index contributed by atoms with van der Waals surface area (Å²) in [5.41, 5.74) is 1.62. The lowest BCUT2D eigenvalue weighted by molar-refractivity contribution is 0.103. The minimum atomic E-state index is -0.261. The van der Waals surface area contributed by atoms with Crippen molar-refractivity contribution in [2.45, 2.75) is 34.1 Å². The van der Waals surface area contributed by atoms with Gasteiger partial charge in [-0.1, -0.05) is 27.7 Å². The molecule has 0 aliphatic rings. The zero-order chi connectivity index (χ0) is 18.6. The number of carbonyl (C=O) groups is 1. The first-order chi connectivity index (χ1) is 11.8. The van der Waals surface area contributed by atoms with Crippen molar-refractivity contribution in [1.82, 2.24) is 0 Å². The lowest BCUT2D eigenvalue weighted by Crippen LogP contribution is -2.10. The van der Waals surface area contributed by atoms with Crippen LogP contribution in [0, 0.1) is 11.8 Å². The highest BCUT2D eigenvalue weighted by atomic mass is 16.5. The molecule has 0 aliphatic heterocycles. The molecule has 0 spiro atoms. The normalized spacial score (nSPS) is 11.1. The first kappa shape index (κ1) is 18.8. The maximum Gasteiger partial charge on any atom is 0.197 e. The molecule has 0 aromatic heterocycles. The molecule has 2 aromatic rings. The zero-order valence-electron chi connectivity index (χ0n) is 15.2. The van der Waals surface area contributed by atoms with Crippen molar-refractivity contribution in [2.75, 3.05) is 6.61 Å². The van der Waals surface area contributed by atoms with Gasteiger partial charge in [0.2, 0.25) is 0 Å². The molecule has 134 valence electrons. The summed E-state index contributed by atoms with van der Waals surface area (Å²) in [6.45, 7) is 8.97. The quantitative estimate of drug-likeness (QED) is 0.724. The van der Waals surface area contributed by atoms with Crippen molar-refractivity contribution >= 4 is 5.78 Å². The Balaban J connectivity index is 2.39. The predicted molar refractivity (Wildman–Crippen MR) is 98.5 cm³/mol. The van der Waals surface area contributed by atoms with Crippen LogP contribution in [0.4, 0.5) is 0 Å². The van der Waals surface area contributed by atoms with E-state index in [1.54, 1.807) is 12.1 Å². The second-order valence-corrected chi connectivity index (χ2v) is 7.15. The molecule has 4 nitrogen and oxygen atoms in total. The number of ether oxygens (including phenoxy) is 1. The Morgan fingerprint density at radius 2 is 1.64 bits per heavy atom. The number of phenolic OH excluding ortho intramolecular Hbond substituents is 2. The Morgan fingerprint density at radius 1 is 0.960 bits per heavy atom. The molecule has 0 aliphatic carbocycles. The average Bonchev–Trinajstić information content (AvgIpc) is 2.52. The minimum absolute atomic E-state index is 0.0751. The Hall–Kier alpha value is -2.49. The van der Waals surface area contributed by atoms with E-state index in [0.29, 0.717) is 24.0 Å². The third-order valence-electron chi connectivity index (χ3n) is 3.76. The van der Waals surface area contributed by atoms with E-state index in [2.05, 4.69) is 27.7 Å². The second kappa shape index (κ2) is 8.06. The molecule has 0 saturated carbocycles. The van der Waals surface area contributed by atoms with Gasteiger partial charge in [0.25, 0.3) is 0 Å². The van der Waals surface area contributed by atoms with E-state index in [1.165, 1.54) is 18.2 Å². The maximum atomic E-state index is 12.9. The smallest absolute Gasteiger partial charge is 0.197 e. The summed E-state index contributed by atoms with van der Waals surface area (Å²) in [5, 5.41) is 19.4. The number of rotatable bonds is 7. The molecule has 25 heavy (non-hydrogen) atoms. The van der Waals surface area contributed by atoms with Crippen LogP contribution in [-0.2, 0) is 6.42 Å². The van der Waals surface area contributed by atoms with Gasteiger partial charge in [0.15, 0.2) is 5.78 Å². The maximum absolute atomic E-state index is 12.9. The van der Waals surface area contributed by atoms with E-state index in [-0.39, 0.29) is 22.8 Å². The van der Waals surface area contributed by atoms with Crippen LogP contribution in [0.5, 0.6) is 17.2 Å². The number of aromatic hydroxyl groups is 2. The predicted octanol–water partition coefficient (Wildman–Crippen LogP) is 4.56. The topological polar surface area (TPSA) is 66.8 Å². The fourth-order valence-corrected chi connectivity index (χ4v) is 2.61. The third kappa shape index (κ3) is 4.99. The van der Waals surface area contributed by atoms with Crippen molar-refractivity contribution < 1.29 is 19.7 Å². The summed E-state index contributed by atoms with van der Waals surface area (Å²) < 4.78 is 5.78. The van der Waals surface area contributed by atoms with Crippen LogP contribution in [-0.4, -0.2) is 22.6 Å². The molecule has 2 rings (SSSR count). The molecular formula is C21H26O4. The molecule has 2 aromatic carbocycles. The molecule has 0 fully saturated rings. The molecular weight excluding hydrogens is 316 g/mol. The lowest BCUT2D eigenvalue weighted by Gasteiger charge is -2.15. The van der Waals surface area contributed by atoms with Gasteiger partial charge in [-0.25, -0.2) is 0 Å². The number of carbonyl (C=O) groups excluding carboxylic acids is 1. The van der Waals surface area contributed by atoms with Crippen LogP contribution in [0.15, 0.2) is 36.4 Å². The Morgan fingerprint density at radius 3 is 2.24 bits per heavy atom. The van der Waals surface area contributed by atoms with Crippen molar-refractivity contribution in [3.05, 3.63) is 53.1 Å². The summed E-state index contributed by atoms with van der Waals surface area (Å²) in [6.07, 6.45) is 0.735. The number of hydrogen-bond donors (Lipinski definition) is 2. The average molecular weight is 342 g/mol. The molecule has 0 bridgehead atoms. The summed E-state index contributed by atoms with van der Waals surface area (Å²) >= 11 is 0. The van der Waals surface area contributed by atoms with Crippen LogP contribution >= 0.6 is 0 Å². The molecule has 0 radical (unpaired) electrons. The van der Waals surface area contributed by atoms with Gasteiger partial charge in [-0.15, -0.1) is 0 Å². The van der Waals surface area contributed by atoms with Crippen LogP contribution in [0.25, 0.3) is 0 Å². The van der Waals surface area contributed by atoms with Gasteiger partial charge >= 0.3 is 0 Å². The van der Waals surface area contributed by atoms with Gasteiger partial charge in [-0.05, 0) is 54.2 Å². The van der Waals surface area contributed by atoms with E-state index in [1.807, 2.05) is 6.07 Å². The van der Waals surface area contributed by atoms with Gasteiger partial charge < -0.3 is 14.9 Å². The lowest BCUT2D eigenvalue weighted by atomic mass is 9.92. The van der Waals surface area contributed by atoms with Crippen molar-refractivity contribution in [2.24, 2.45) is 11.8 Å². The van der Waals surface area contributed by atoms with Crippen molar-refractivity contribution in [1.29, 1.82) is 0 Å². The SMILES string of the molecule is CC(C)COc1ccc(C(=O)c2ccc(O)cc2O)c(CC(C)C)c1. The van der Waals surface area contributed by atoms with Gasteiger partial charge in [0.05, 0.1) is 12.2 Å². The second-order valence-electron chi connectivity index (χ2n) is 7.15. The van der Waals surface area contributed by atoms with Crippen LogP contribution < -0.4 is 4.74 Å². The fourth-order valence-electron chi connectivity index (χ4n) is 2.61. The molecule has 0 atom stereocenters. The van der Waals surface area contributed by atoms with E-state index in [4.69, 9.17) is 4.74 Å². The summed E-state index contributed by atoms with van der Waals surface area (Å²) in [4.78, 5) is 12.9. The zero-order valence-corrected chi connectivity index (χ0v) is 15.2. The van der Waals surface area contributed by atoms with E-state index >= 15 is 0 Å². The Kier molecular flexibility index (Phi) is 6.07. The van der Waals surface area contributed by atoms with Crippen molar-refractivity contribution in [3.8, 4) is 17.2 Å². The molecule has 0 unspecified atom stereocenters. The molecule has 0 amide bonds. The van der Waals surface area contributed by atoms with Gasteiger partial charge in [-0.3, -0.25) is 4.79 Å². The van der Waals surface area contributed by atoms with Crippen LogP contribution in [0.3, 0.4) is 0 Å². The standard InChI is InChI=1S/C21H26O4/c1-13(2)9-15-10-17(25-12-14(3)4)6-8-18(15)21(24)19-7-5-16(22)11-20(19)23/h5-8,10-11,13-14,22-23H,9,12H2,1-4H3. The van der Waals surface area contributed by atoms with E-state index in [9.17, 15) is 15.0 Å². The first-order valence-electron chi connectivity index (χ1n) is 8.60. The summed E-state index contributed by atoms with van der Waals surface area (Å²) in [5.74, 6) is 0.984. The Bertz CT molecular complexity index is 748. The monoisotopic (exact) mass is 342 g/mol. The van der Waals surface area contributed by atoms with E-state index < -0.39 is 0 Å². The highest BCUT2D eigenvalue weighted by molar-refractivity contribution is 6.11. The van der Waals surface area contributed by atoms with Crippen LogP contribution in [0.2, 0.25) is 0 Å². The highest BCUT2D eigenvalue weighted by Gasteiger charge is 2.18. The Labute approximate surface area is 149 Å². The number of phenols is 2. The van der Waals surface area contributed by atoms with E-state index in [0.717, 1.165) is 17.7 Å². The molecule has 2 N–H and O–H groups in total. The van der Waals surface area contributed by atoms with Crippen LogP contribution in [0.1, 0.15) is 49.2 Å². The summed E-state index contributed by atoms with van der Waals surface area (Å²) in [7, 11) is 0. The minimum Gasteiger partial charge on any atom is -0.508 e. The summed E-state index contributed by atoms with van der Waals surface area (Å²) in [6, 6.07) is 9.46. The number of benzene rings is 2. The largest absolute Gasteiger partial charge is 0.508 e. The molecule has 0 saturated heterocycles. The number of ketones is 1. The molecule has 4 heteroatoms. The fraction of sp³-hybridized carbons (Fsp3) is 0.381. The number of hydrogen-bond acceptors (Lipinski definition) is 4.